The van der Waals surface area contributed by atoms with Gasteiger partial charge in [0.05, 0.1) is 34.8 Å². The van der Waals surface area contributed by atoms with Gasteiger partial charge in [0.2, 0.25) is 0 Å². The lowest BCUT2D eigenvalue weighted by atomic mass is 10.1. The van der Waals surface area contributed by atoms with Gasteiger partial charge in [0.15, 0.2) is 5.82 Å². The lowest BCUT2D eigenvalue weighted by Gasteiger charge is -2.14. The van der Waals surface area contributed by atoms with E-state index in [9.17, 15) is 14.0 Å². The number of anilines is 3. The number of nitriles is 1. The molecule has 9 heteroatoms. The first-order chi connectivity index (χ1) is 14.9. The van der Waals surface area contributed by atoms with Crippen LogP contribution in [-0.2, 0) is 13.6 Å². The molecule has 0 unspecified atom stereocenters. The van der Waals surface area contributed by atoms with Crippen LogP contribution in [0.3, 0.4) is 0 Å². The van der Waals surface area contributed by atoms with Crippen molar-refractivity contribution in [1.82, 2.24) is 14.5 Å². The Morgan fingerprint density at radius 2 is 1.94 bits per heavy atom. The first kappa shape index (κ1) is 20.6. The van der Waals surface area contributed by atoms with Gasteiger partial charge in [-0.25, -0.2) is 13.8 Å². The number of halogens is 3. The molecule has 0 aliphatic heterocycles. The van der Waals surface area contributed by atoms with Crippen molar-refractivity contribution in [3.63, 3.8) is 0 Å². The Bertz CT molecular complexity index is 1340. The van der Waals surface area contributed by atoms with Crippen LogP contribution in [0.5, 0.6) is 0 Å². The number of aromatic nitrogens is 3. The van der Waals surface area contributed by atoms with Gasteiger partial charge in [-0.3, -0.25) is 4.98 Å². The molecule has 0 atom stereocenters. The van der Waals surface area contributed by atoms with Gasteiger partial charge in [-0.1, -0.05) is 11.6 Å². The number of nitrogens with zero attached hydrogens (tertiary/aromatic N) is 4. The summed E-state index contributed by atoms with van der Waals surface area (Å²) < 4.78 is 30.2. The van der Waals surface area contributed by atoms with Gasteiger partial charge >= 0.3 is 0 Å². The van der Waals surface area contributed by atoms with E-state index in [-0.39, 0.29) is 16.1 Å². The molecule has 2 aromatic carbocycles. The van der Waals surface area contributed by atoms with Gasteiger partial charge in [-0.15, -0.1) is 0 Å². The fourth-order valence-electron chi connectivity index (χ4n) is 3.20. The summed E-state index contributed by atoms with van der Waals surface area (Å²) in [4.78, 5) is 8.42. The van der Waals surface area contributed by atoms with Crippen LogP contribution in [0.25, 0.3) is 10.9 Å². The number of imidazole rings is 1. The molecule has 0 saturated heterocycles. The molecule has 0 aliphatic rings. The highest BCUT2D eigenvalue weighted by Crippen LogP contribution is 2.33. The smallest absolute Gasteiger partial charge is 0.151 e. The minimum Gasteiger partial charge on any atom is -0.379 e. The van der Waals surface area contributed by atoms with Gasteiger partial charge in [0, 0.05) is 35.7 Å². The number of hydrogen-bond acceptors (Lipinski definition) is 5. The molecule has 6 nitrogen and oxygen atoms in total. The van der Waals surface area contributed by atoms with E-state index in [1.165, 1.54) is 30.5 Å². The van der Waals surface area contributed by atoms with Crippen molar-refractivity contribution in [3.05, 3.63) is 76.5 Å². The zero-order chi connectivity index (χ0) is 22.1. The molecule has 0 spiro atoms. The summed E-state index contributed by atoms with van der Waals surface area (Å²) in [6, 6.07) is 9.19. The topological polar surface area (TPSA) is 78.6 Å². The Balaban J connectivity index is 1.75. The van der Waals surface area contributed by atoms with E-state index in [0.717, 1.165) is 11.4 Å². The van der Waals surface area contributed by atoms with Crippen molar-refractivity contribution >= 4 is 39.6 Å². The minimum atomic E-state index is -0.561. The molecule has 0 aliphatic carbocycles. The summed E-state index contributed by atoms with van der Waals surface area (Å²) in [5, 5.41) is 16.1. The molecule has 31 heavy (non-hydrogen) atoms. The van der Waals surface area contributed by atoms with Crippen molar-refractivity contribution in [1.29, 1.82) is 5.26 Å². The minimum absolute atomic E-state index is 0.0684. The van der Waals surface area contributed by atoms with Gasteiger partial charge in [0.1, 0.15) is 17.4 Å². The van der Waals surface area contributed by atoms with Gasteiger partial charge in [0.25, 0.3) is 0 Å². The SMILES string of the molecule is Cc1c(CNc2cc(F)c3ncc(C#N)c(Nc4ccc(F)c(Cl)c4)c3c2)ncn1C. The Labute approximate surface area is 182 Å². The number of aryl methyl sites for hydroxylation is 1. The monoisotopic (exact) mass is 438 g/mol. The van der Waals surface area contributed by atoms with E-state index in [1.807, 2.05) is 18.5 Å². The summed E-state index contributed by atoms with van der Waals surface area (Å²) >= 11 is 5.87. The number of pyridine rings is 1. The van der Waals surface area contributed by atoms with E-state index in [0.29, 0.717) is 29.0 Å². The highest BCUT2D eigenvalue weighted by atomic mass is 35.5. The first-order valence-electron chi connectivity index (χ1n) is 9.32. The average molecular weight is 439 g/mol. The maximum absolute atomic E-state index is 14.8. The molecule has 4 aromatic rings. The first-order valence-corrected chi connectivity index (χ1v) is 9.70. The Hall–Kier alpha value is -3.70. The summed E-state index contributed by atoms with van der Waals surface area (Å²) in [5.41, 5.74) is 3.47. The third-order valence-corrected chi connectivity index (χ3v) is 5.32. The molecule has 2 N–H and O–H groups in total. The van der Waals surface area contributed by atoms with Crippen LogP contribution < -0.4 is 10.6 Å². The maximum atomic E-state index is 14.8. The maximum Gasteiger partial charge on any atom is 0.151 e. The normalized spacial score (nSPS) is 10.8. The highest BCUT2D eigenvalue weighted by molar-refractivity contribution is 6.31. The largest absolute Gasteiger partial charge is 0.379 e. The molecule has 0 bridgehead atoms. The number of hydrogen-bond donors (Lipinski definition) is 2. The quantitative estimate of drug-likeness (QED) is 0.434. The second-order valence-corrected chi connectivity index (χ2v) is 7.42. The molecule has 2 aromatic heterocycles. The second kappa shape index (κ2) is 8.20. The van der Waals surface area contributed by atoms with Gasteiger partial charge in [-0.2, -0.15) is 5.26 Å². The molecule has 0 saturated carbocycles. The van der Waals surface area contributed by atoms with E-state index in [1.54, 1.807) is 12.4 Å². The summed E-state index contributed by atoms with van der Waals surface area (Å²) in [5.74, 6) is -1.10. The highest BCUT2D eigenvalue weighted by Gasteiger charge is 2.15. The van der Waals surface area contributed by atoms with Crippen LogP contribution in [0.4, 0.5) is 25.8 Å². The molecule has 156 valence electrons. The lowest BCUT2D eigenvalue weighted by Crippen LogP contribution is -2.04. The predicted molar refractivity (Wildman–Crippen MR) is 116 cm³/mol. The molecule has 0 amide bonds. The van der Waals surface area contributed by atoms with Crippen LogP contribution in [0.2, 0.25) is 5.02 Å². The zero-order valence-corrected chi connectivity index (χ0v) is 17.4. The molecule has 0 fully saturated rings. The molecule has 4 rings (SSSR count). The molecule has 2 heterocycles. The Morgan fingerprint density at radius 1 is 1.13 bits per heavy atom. The van der Waals surface area contributed by atoms with E-state index in [2.05, 4.69) is 26.7 Å². The molecular formula is C22H17ClF2N6. The number of nitrogens with one attached hydrogen (secondary N) is 2. The van der Waals surface area contributed by atoms with Crippen LogP contribution in [-0.4, -0.2) is 14.5 Å². The predicted octanol–water partition coefficient (Wildman–Crippen LogP) is 5.44. The Morgan fingerprint density at radius 3 is 2.61 bits per heavy atom. The fourth-order valence-corrected chi connectivity index (χ4v) is 3.38. The Kier molecular flexibility index (Phi) is 5.44. The number of rotatable bonds is 5. The van der Waals surface area contributed by atoms with Crippen molar-refractivity contribution in [2.24, 2.45) is 7.05 Å². The third kappa shape index (κ3) is 4.00. The molecular weight excluding hydrogens is 422 g/mol. The van der Waals surface area contributed by atoms with Crippen LogP contribution in [0.1, 0.15) is 17.0 Å². The van der Waals surface area contributed by atoms with Crippen molar-refractivity contribution < 1.29 is 8.78 Å². The lowest BCUT2D eigenvalue weighted by molar-refractivity contribution is 0.628. The van der Waals surface area contributed by atoms with E-state index < -0.39 is 11.6 Å². The zero-order valence-electron chi connectivity index (χ0n) is 16.7. The van der Waals surface area contributed by atoms with E-state index >= 15 is 0 Å². The van der Waals surface area contributed by atoms with Crippen molar-refractivity contribution in [2.45, 2.75) is 13.5 Å². The number of benzene rings is 2. The van der Waals surface area contributed by atoms with Crippen LogP contribution in [0.15, 0.2) is 42.9 Å². The summed E-state index contributed by atoms with van der Waals surface area (Å²) in [6.45, 7) is 2.35. The van der Waals surface area contributed by atoms with Crippen LogP contribution in [0, 0.1) is 29.9 Å². The van der Waals surface area contributed by atoms with Gasteiger partial charge < -0.3 is 15.2 Å². The number of fused-ring (bicyclic) bond motifs is 1. The summed E-state index contributed by atoms with van der Waals surface area (Å²) in [7, 11) is 1.90. The van der Waals surface area contributed by atoms with Crippen molar-refractivity contribution in [2.75, 3.05) is 10.6 Å². The summed E-state index contributed by atoms with van der Waals surface area (Å²) in [6.07, 6.45) is 3.01. The second-order valence-electron chi connectivity index (χ2n) is 7.01. The van der Waals surface area contributed by atoms with Crippen molar-refractivity contribution in [3.8, 4) is 6.07 Å². The fraction of sp³-hybridized carbons (Fsp3) is 0.136. The average Bonchev–Trinajstić information content (AvgIpc) is 3.07. The van der Waals surface area contributed by atoms with Gasteiger partial charge in [-0.05, 0) is 37.3 Å². The standard InChI is InChI=1S/C22H17ClF2N6/c1-12-20(29-11-31(12)2)10-27-15-5-16-21(30-14-3-4-18(24)17(23)6-14)13(8-26)9-28-22(16)19(25)7-15/h3-7,9,11,27H,10H2,1-2H3,(H,28,30). The van der Waals surface area contributed by atoms with Crippen LogP contribution >= 0.6 is 11.6 Å². The third-order valence-electron chi connectivity index (χ3n) is 5.03. The van der Waals surface area contributed by atoms with E-state index in [4.69, 9.17) is 11.6 Å². The molecule has 0 radical (unpaired) electrons.